The first kappa shape index (κ1) is 21.5. The fourth-order valence-corrected chi connectivity index (χ4v) is 4.82. The molecule has 0 spiro atoms. The fraction of sp³-hybridized carbons (Fsp3) is 0.409. The average Bonchev–Trinajstić information content (AvgIpc) is 2.74. The topological polar surface area (TPSA) is 75.7 Å². The lowest BCUT2D eigenvalue weighted by atomic mass is 10.0. The molecule has 1 N–H and O–H groups in total. The zero-order valence-corrected chi connectivity index (χ0v) is 17.7. The Hall–Kier alpha value is -2.22. The van der Waals surface area contributed by atoms with Crippen LogP contribution in [-0.4, -0.2) is 45.3 Å². The maximum Gasteiger partial charge on any atom is 0.243 e. The molecule has 0 aliphatic carbocycles. The molecular weight excluding hydrogens is 388 g/mol. The summed E-state index contributed by atoms with van der Waals surface area (Å²) in [6.45, 7) is 4.00. The van der Waals surface area contributed by atoms with E-state index < -0.39 is 10.0 Å². The van der Waals surface area contributed by atoms with E-state index in [0.717, 1.165) is 24.2 Å². The van der Waals surface area contributed by atoms with Gasteiger partial charge in [-0.1, -0.05) is 31.2 Å². The van der Waals surface area contributed by atoms with E-state index in [2.05, 4.69) is 12.2 Å². The Morgan fingerprint density at radius 1 is 1.07 bits per heavy atom. The summed E-state index contributed by atoms with van der Waals surface area (Å²) in [5.41, 5.74) is 1.55. The molecule has 7 heteroatoms. The van der Waals surface area contributed by atoms with Crippen molar-refractivity contribution in [3.05, 3.63) is 59.7 Å². The van der Waals surface area contributed by atoms with Gasteiger partial charge in [0.05, 0.1) is 18.6 Å². The van der Waals surface area contributed by atoms with Crippen molar-refractivity contribution in [2.45, 2.75) is 31.2 Å². The first-order valence-corrected chi connectivity index (χ1v) is 11.3. The molecule has 1 aliphatic rings. The summed E-state index contributed by atoms with van der Waals surface area (Å²) in [6, 6.07) is 13.9. The summed E-state index contributed by atoms with van der Waals surface area (Å²) in [4.78, 5) is 12.6. The van der Waals surface area contributed by atoms with Crippen LogP contribution in [0.5, 0.6) is 5.75 Å². The molecule has 2 aromatic rings. The number of ether oxygens (including phenoxy) is 1. The van der Waals surface area contributed by atoms with E-state index in [1.807, 2.05) is 24.3 Å². The highest BCUT2D eigenvalue weighted by atomic mass is 32.2. The molecule has 0 unspecified atom stereocenters. The minimum Gasteiger partial charge on any atom is -0.497 e. The molecule has 0 saturated carbocycles. The number of sulfonamides is 1. The van der Waals surface area contributed by atoms with Crippen LogP contribution in [0.2, 0.25) is 0 Å². The van der Waals surface area contributed by atoms with Crippen LogP contribution in [0, 0.1) is 5.92 Å². The molecule has 2 aromatic carbocycles. The maximum atomic E-state index is 12.8. The Balaban J connectivity index is 1.55. The maximum absolute atomic E-state index is 12.8. The molecule has 1 fully saturated rings. The summed E-state index contributed by atoms with van der Waals surface area (Å²) in [7, 11) is -1.87. The highest BCUT2D eigenvalue weighted by Crippen LogP contribution is 2.23. The number of hydrogen-bond donors (Lipinski definition) is 1. The minimum absolute atomic E-state index is 0.0748. The van der Waals surface area contributed by atoms with Gasteiger partial charge in [0.15, 0.2) is 5.78 Å². The summed E-state index contributed by atoms with van der Waals surface area (Å²) in [5, 5.41) is 3.12. The molecule has 0 aromatic heterocycles. The van der Waals surface area contributed by atoms with Crippen molar-refractivity contribution in [3.8, 4) is 5.75 Å². The number of nitrogens with one attached hydrogen (secondary N) is 1. The third-order valence-electron chi connectivity index (χ3n) is 5.33. The highest BCUT2D eigenvalue weighted by molar-refractivity contribution is 7.89. The number of Topliss-reactive ketones (excluding diaryl/α,β-unsaturated/α-hetero) is 1. The van der Waals surface area contributed by atoms with Crippen molar-refractivity contribution in [1.29, 1.82) is 0 Å². The lowest BCUT2D eigenvalue weighted by molar-refractivity contribution is 0.0990. The van der Waals surface area contributed by atoms with Crippen LogP contribution in [0.15, 0.2) is 53.4 Å². The summed E-state index contributed by atoms with van der Waals surface area (Å²) < 4.78 is 32.2. The van der Waals surface area contributed by atoms with E-state index >= 15 is 0 Å². The Morgan fingerprint density at radius 2 is 1.69 bits per heavy atom. The van der Waals surface area contributed by atoms with Crippen molar-refractivity contribution >= 4 is 15.8 Å². The van der Waals surface area contributed by atoms with Crippen molar-refractivity contribution in [2.24, 2.45) is 5.92 Å². The van der Waals surface area contributed by atoms with E-state index in [1.54, 1.807) is 23.5 Å². The van der Waals surface area contributed by atoms with Crippen molar-refractivity contribution < 1.29 is 17.9 Å². The Morgan fingerprint density at radius 3 is 2.28 bits per heavy atom. The predicted octanol–water partition coefficient (Wildman–Crippen LogP) is 3.09. The molecule has 1 heterocycles. The number of ketones is 1. The second kappa shape index (κ2) is 9.52. The second-order valence-corrected chi connectivity index (χ2v) is 9.42. The van der Waals surface area contributed by atoms with Crippen LogP contribution in [0.3, 0.4) is 0 Å². The lowest BCUT2D eigenvalue weighted by Crippen LogP contribution is -2.37. The van der Waals surface area contributed by atoms with Crippen molar-refractivity contribution in [1.82, 2.24) is 9.62 Å². The number of benzene rings is 2. The number of piperidine rings is 1. The van der Waals surface area contributed by atoms with Gasteiger partial charge in [0.1, 0.15) is 5.75 Å². The van der Waals surface area contributed by atoms with Gasteiger partial charge in [-0.3, -0.25) is 4.79 Å². The van der Waals surface area contributed by atoms with Crippen molar-refractivity contribution in [2.75, 3.05) is 26.7 Å². The summed E-state index contributed by atoms with van der Waals surface area (Å²) in [5.74, 6) is 1.28. The third-order valence-corrected chi connectivity index (χ3v) is 7.24. The molecule has 0 atom stereocenters. The standard InChI is InChI=1S/C22H28N2O4S/c1-17-11-13-24(14-12-17)29(26,27)21-9-5-19(6-10-21)22(25)16-23-15-18-3-7-20(28-2)8-4-18/h3-10,17,23H,11-16H2,1-2H3. The van der Waals surface area contributed by atoms with Gasteiger partial charge < -0.3 is 10.1 Å². The molecule has 156 valence electrons. The zero-order chi connectivity index (χ0) is 20.9. The van der Waals surface area contributed by atoms with Gasteiger partial charge in [-0.05, 0) is 48.6 Å². The minimum atomic E-state index is -3.49. The average molecular weight is 417 g/mol. The van der Waals surface area contributed by atoms with Crippen LogP contribution >= 0.6 is 0 Å². The first-order valence-electron chi connectivity index (χ1n) is 9.87. The number of nitrogens with zero attached hydrogens (tertiary/aromatic N) is 1. The molecule has 0 radical (unpaired) electrons. The number of carbonyl (C=O) groups is 1. The quantitative estimate of drug-likeness (QED) is 0.670. The van der Waals surface area contributed by atoms with E-state index in [-0.39, 0.29) is 17.2 Å². The predicted molar refractivity (Wildman–Crippen MR) is 113 cm³/mol. The lowest BCUT2D eigenvalue weighted by Gasteiger charge is -2.29. The zero-order valence-electron chi connectivity index (χ0n) is 16.9. The van der Waals surface area contributed by atoms with Gasteiger partial charge in [-0.2, -0.15) is 4.31 Å². The van der Waals surface area contributed by atoms with Crippen LogP contribution in [0.25, 0.3) is 0 Å². The van der Waals surface area contributed by atoms with Gasteiger partial charge >= 0.3 is 0 Å². The second-order valence-electron chi connectivity index (χ2n) is 7.49. The van der Waals surface area contributed by atoms with Crippen LogP contribution in [-0.2, 0) is 16.6 Å². The number of carbonyl (C=O) groups excluding carboxylic acids is 1. The van der Waals surface area contributed by atoms with Gasteiger partial charge in [0.2, 0.25) is 10.0 Å². The van der Waals surface area contributed by atoms with Crippen LogP contribution in [0.1, 0.15) is 35.7 Å². The monoisotopic (exact) mass is 416 g/mol. The van der Waals surface area contributed by atoms with E-state index in [4.69, 9.17) is 4.74 Å². The normalized spacial score (nSPS) is 15.9. The smallest absolute Gasteiger partial charge is 0.243 e. The Labute approximate surface area is 172 Å². The Kier molecular flexibility index (Phi) is 7.05. The molecule has 29 heavy (non-hydrogen) atoms. The van der Waals surface area contributed by atoms with Gasteiger partial charge in [0, 0.05) is 25.2 Å². The molecule has 0 bridgehead atoms. The van der Waals surface area contributed by atoms with Crippen LogP contribution < -0.4 is 10.1 Å². The summed E-state index contributed by atoms with van der Waals surface area (Å²) in [6.07, 6.45) is 1.77. The molecule has 1 saturated heterocycles. The number of methoxy groups -OCH3 is 1. The van der Waals surface area contributed by atoms with Crippen molar-refractivity contribution in [3.63, 3.8) is 0 Å². The number of rotatable bonds is 8. The Bertz CT molecular complexity index is 916. The number of hydrogen-bond acceptors (Lipinski definition) is 5. The molecule has 1 aliphatic heterocycles. The molecule has 6 nitrogen and oxygen atoms in total. The van der Waals surface area contributed by atoms with E-state index in [0.29, 0.717) is 31.1 Å². The third kappa shape index (κ3) is 5.44. The molecule has 3 rings (SSSR count). The van der Waals surface area contributed by atoms with Gasteiger partial charge in [-0.15, -0.1) is 0 Å². The van der Waals surface area contributed by atoms with Gasteiger partial charge in [-0.25, -0.2) is 8.42 Å². The van der Waals surface area contributed by atoms with E-state index in [9.17, 15) is 13.2 Å². The van der Waals surface area contributed by atoms with E-state index in [1.165, 1.54) is 12.1 Å². The molecular formula is C22H28N2O4S. The fourth-order valence-electron chi connectivity index (χ4n) is 3.35. The largest absolute Gasteiger partial charge is 0.497 e. The highest BCUT2D eigenvalue weighted by Gasteiger charge is 2.28. The summed E-state index contributed by atoms with van der Waals surface area (Å²) >= 11 is 0. The first-order chi connectivity index (χ1) is 13.9. The van der Waals surface area contributed by atoms with Gasteiger partial charge in [0.25, 0.3) is 0 Å². The van der Waals surface area contributed by atoms with Crippen LogP contribution in [0.4, 0.5) is 0 Å². The SMILES string of the molecule is COc1ccc(CNCC(=O)c2ccc(S(=O)(=O)N3CCC(C)CC3)cc2)cc1. The molecule has 0 amide bonds.